The zero-order valence-electron chi connectivity index (χ0n) is 16.0. The second-order valence-electron chi connectivity index (χ2n) is 6.10. The van der Waals surface area contributed by atoms with Crippen molar-refractivity contribution in [3.8, 4) is 17.3 Å². The van der Waals surface area contributed by atoms with Crippen LogP contribution in [0.15, 0.2) is 52.2 Å². The maximum absolute atomic E-state index is 12.7. The Balaban J connectivity index is 1.77. The monoisotopic (exact) mass is 415 g/mol. The van der Waals surface area contributed by atoms with Gasteiger partial charge in [-0.05, 0) is 31.2 Å². The van der Waals surface area contributed by atoms with Crippen LogP contribution in [0.2, 0.25) is 0 Å². The molecule has 0 aliphatic carbocycles. The van der Waals surface area contributed by atoms with Crippen LogP contribution in [0.1, 0.15) is 13.3 Å². The number of rotatable bonds is 9. The summed E-state index contributed by atoms with van der Waals surface area (Å²) < 4.78 is 12.4. The average molecular weight is 415 g/mol. The molecule has 0 aliphatic heterocycles. The number of primary amides is 1. The first-order valence-corrected chi connectivity index (χ1v) is 9.73. The average Bonchev–Trinajstić information content (AvgIpc) is 3.36. The van der Waals surface area contributed by atoms with E-state index in [1.165, 1.54) is 18.0 Å². The van der Waals surface area contributed by atoms with E-state index in [9.17, 15) is 9.59 Å². The highest BCUT2D eigenvalue weighted by Crippen LogP contribution is 2.29. The van der Waals surface area contributed by atoms with Gasteiger partial charge in [0, 0.05) is 13.0 Å². The van der Waals surface area contributed by atoms with E-state index in [0.29, 0.717) is 28.2 Å². The molecular formula is C19H21N5O4S. The van der Waals surface area contributed by atoms with Gasteiger partial charge in [0.05, 0.1) is 24.3 Å². The van der Waals surface area contributed by atoms with Crippen LogP contribution in [0.5, 0.6) is 5.75 Å². The van der Waals surface area contributed by atoms with E-state index in [4.69, 9.17) is 14.9 Å². The molecule has 0 fully saturated rings. The summed E-state index contributed by atoms with van der Waals surface area (Å²) in [7, 11) is 1.54. The van der Waals surface area contributed by atoms with Gasteiger partial charge in [-0.3, -0.25) is 14.2 Å². The Bertz CT molecular complexity index is 986. The first-order chi connectivity index (χ1) is 14.0. The molecule has 10 heteroatoms. The Hall–Kier alpha value is -3.27. The normalized spacial score (nSPS) is 11.8. The van der Waals surface area contributed by atoms with E-state index in [-0.39, 0.29) is 18.9 Å². The highest BCUT2D eigenvalue weighted by Gasteiger charge is 2.22. The van der Waals surface area contributed by atoms with Gasteiger partial charge in [0.25, 0.3) is 0 Å². The number of carbonyl (C=O) groups excluding carboxylic acids is 2. The van der Waals surface area contributed by atoms with Crippen molar-refractivity contribution in [2.75, 3.05) is 12.4 Å². The molecule has 0 spiro atoms. The van der Waals surface area contributed by atoms with Crippen LogP contribution >= 0.6 is 11.8 Å². The lowest BCUT2D eigenvalue weighted by Crippen LogP contribution is -2.23. The molecule has 2 amide bonds. The van der Waals surface area contributed by atoms with Crippen LogP contribution in [0.3, 0.4) is 0 Å². The minimum atomic E-state index is -0.485. The Kier molecular flexibility index (Phi) is 6.55. The lowest BCUT2D eigenvalue weighted by Gasteiger charge is -2.14. The molecule has 3 aromatic rings. The highest BCUT2D eigenvalue weighted by atomic mass is 32.2. The van der Waals surface area contributed by atoms with Gasteiger partial charge in [-0.25, -0.2) is 0 Å². The quantitative estimate of drug-likeness (QED) is 0.514. The zero-order valence-corrected chi connectivity index (χ0v) is 16.8. The molecule has 9 nitrogen and oxygen atoms in total. The summed E-state index contributed by atoms with van der Waals surface area (Å²) in [5.74, 6) is 0.893. The number of para-hydroxylation sites is 2. The van der Waals surface area contributed by atoms with E-state index in [1.807, 2.05) is 12.1 Å². The van der Waals surface area contributed by atoms with Gasteiger partial charge in [-0.1, -0.05) is 23.9 Å². The molecule has 3 N–H and O–H groups in total. The van der Waals surface area contributed by atoms with Gasteiger partial charge >= 0.3 is 0 Å². The van der Waals surface area contributed by atoms with Crippen LogP contribution in [-0.2, 0) is 16.1 Å². The Morgan fingerprint density at radius 1 is 1.28 bits per heavy atom. The van der Waals surface area contributed by atoms with Crippen LogP contribution in [0, 0.1) is 0 Å². The lowest BCUT2D eigenvalue weighted by atomic mass is 10.3. The number of thioether (sulfide) groups is 1. The highest BCUT2D eigenvalue weighted by molar-refractivity contribution is 8.00. The topological polar surface area (TPSA) is 125 Å². The SMILES string of the molecule is COc1ccccc1NC(=O)C(C)Sc1nnc(-c2ccco2)n1CCC(N)=O. The summed E-state index contributed by atoms with van der Waals surface area (Å²) in [5.41, 5.74) is 5.87. The number of nitrogens with one attached hydrogen (secondary N) is 1. The van der Waals surface area contributed by atoms with Crippen molar-refractivity contribution < 1.29 is 18.7 Å². The molecule has 1 atom stereocenters. The number of hydrogen-bond donors (Lipinski definition) is 2. The van der Waals surface area contributed by atoms with Gasteiger partial charge < -0.3 is 20.2 Å². The third-order valence-electron chi connectivity index (χ3n) is 4.06. The van der Waals surface area contributed by atoms with Gasteiger partial charge in [0.2, 0.25) is 11.8 Å². The van der Waals surface area contributed by atoms with Crippen molar-refractivity contribution >= 4 is 29.3 Å². The predicted octanol–water partition coefficient (Wildman–Crippen LogP) is 2.54. The molecule has 1 aromatic carbocycles. The maximum Gasteiger partial charge on any atom is 0.237 e. The molecule has 29 heavy (non-hydrogen) atoms. The summed E-state index contributed by atoms with van der Waals surface area (Å²) in [4.78, 5) is 23.9. The second-order valence-corrected chi connectivity index (χ2v) is 7.41. The minimum Gasteiger partial charge on any atom is -0.495 e. The molecule has 0 saturated heterocycles. The van der Waals surface area contributed by atoms with E-state index in [1.54, 1.807) is 42.9 Å². The van der Waals surface area contributed by atoms with Crippen LogP contribution in [-0.4, -0.2) is 38.9 Å². The second kappa shape index (κ2) is 9.28. The first kappa shape index (κ1) is 20.5. The van der Waals surface area contributed by atoms with Gasteiger partial charge in [-0.15, -0.1) is 10.2 Å². The number of methoxy groups -OCH3 is 1. The molecule has 0 saturated carbocycles. The maximum atomic E-state index is 12.7. The number of carbonyl (C=O) groups is 2. The molecule has 2 aromatic heterocycles. The number of ether oxygens (including phenoxy) is 1. The zero-order chi connectivity index (χ0) is 20.8. The molecule has 0 bridgehead atoms. The number of benzene rings is 1. The molecule has 0 radical (unpaired) electrons. The van der Waals surface area contributed by atoms with Crippen LogP contribution in [0.25, 0.3) is 11.6 Å². The molecule has 152 valence electrons. The molecule has 2 heterocycles. The number of nitrogens with zero attached hydrogens (tertiary/aromatic N) is 3. The third-order valence-corrected chi connectivity index (χ3v) is 5.14. The number of anilines is 1. The number of nitrogens with two attached hydrogens (primary N) is 1. The van der Waals surface area contributed by atoms with Crippen molar-refractivity contribution in [3.05, 3.63) is 42.7 Å². The van der Waals surface area contributed by atoms with E-state index >= 15 is 0 Å². The lowest BCUT2D eigenvalue weighted by molar-refractivity contribution is -0.118. The van der Waals surface area contributed by atoms with Crippen molar-refractivity contribution in [2.24, 2.45) is 5.73 Å². The Morgan fingerprint density at radius 3 is 2.76 bits per heavy atom. The molecule has 0 aliphatic rings. The molecule has 1 unspecified atom stereocenters. The van der Waals surface area contributed by atoms with Crippen molar-refractivity contribution in [2.45, 2.75) is 30.3 Å². The third kappa shape index (κ3) is 4.96. The first-order valence-electron chi connectivity index (χ1n) is 8.85. The van der Waals surface area contributed by atoms with E-state index < -0.39 is 11.2 Å². The molecule has 3 rings (SSSR count). The van der Waals surface area contributed by atoms with Gasteiger partial charge in [0.15, 0.2) is 16.7 Å². The van der Waals surface area contributed by atoms with E-state index in [2.05, 4.69) is 15.5 Å². The number of aromatic nitrogens is 3. The van der Waals surface area contributed by atoms with Gasteiger partial charge in [-0.2, -0.15) is 0 Å². The van der Waals surface area contributed by atoms with Gasteiger partial charge in [0.1, 0.15) is 5.75 Å². The summed E-state index contributed by atoms with van der Waals surface area (Å²) in [6.45, 7) is 2.04. The standard InChI is InChI=1S/C19H21N5O4S/c1-12(18(26)21-13-6-3-4-7-14(13)27-2)29-19-23-22-17(15-8-5-11-28-15)24(19)10-9-16(20)25/h3-8,11-12H,9-10H2,1-2H3,(H2,20,25)(H,21,26). The predicted molar refractivity (Wildman–Crippen MR) is 108 cm³/mol. The van der Waals surface area contributed by atoms with Crippen LogP contribution < -0.4 is 15.8 Å². The van der Waals surface area contributed by atoms with Crippen LogP contribution in [0.4, 0.5) is 5.69 Å². The van der Waals surface area contributed by atoms with E-state index in [0.717, 1.165) is 0 Å². The fourth-order valence-corrected chi connectivity index (χ4v) is 3.46. The Morgan fingerprint density at radius 2 is 2.07 bits per heavy atom. The molecular weight excluding hydrogens is 394 g/mol. The smallest absolute Gasteiger partial charge is 0.237 e. The fraction of sp³-hybridized carbons (Fsp3) is 0.263. The van der Waals surface area contributed by atoms with Crippen molar-refractivity contribution in [1.82, 2.24) is 14.8 Å². The summed E-state index contributed by atoms with van der Waals surface area (Å²) in [6, 6.07) is 10.6. The van der Waals surface area contributed by atoms with Crippen molar-refractivity contribution in [1.29, 1.82) is 0 Å². The fourth-order valence-electron chi connectivity index (χ4n) is 2.58. The number of hydrogen-bond acceptors (Lipinski definition) is 7. The largest absolute Gasteiger partial charge is 0.495 e. The number of amides is 2. The summed E-state index contributed by atoms with van der Waals surface area (Å²) >= 11 is 1.22. The van der Waals surface area contributed by atoms with Crippen molar-refractivity contribution in [3.63, 3.8) is 0 Å². The number of furan rings is 1. The Labute approximate surface area is 171 Å². The summed E-state index contributed by atoms with van der Waals surface area (Å²) in [6.07, 6.45) is 1.64. The minimum absolute atomic E-state index is 0.112. The summed E-state index contributed by atoms with van der Waals surface area (Å²) in [5, 5.41) is 11.2.